The predicted octanol–water partition coefficient (Wildman–Crippen LogP) is 7.53. The Bertz CT molecular complexity index is 1790. The number of nitrogens with one attached hydrogen (secondary N) is 2. The summed E-state index contributed by atoms with van der Waals surface area (Å²) >= 11 is 0. The van der Waals surface area contributed by atoms with Crippen LogP contribution in [0.25, 0.3) is 0 Å². The van der Waals surface area contributed by atoms with Crippen molar-refractivity contribution >= 4 is 6.29 Å². The minimum Gasteiger partial charge on any atom is -0.396 e. The Morgan fingerprint density at radius 2 is 1.88 bits per heavy atom. The van der Waals surface area contributed by atoms with Gasteiger partial charge in [-0.25, -0.2) is 0 Å². The van der Waals surface area contributed by atoms with Gasteiger partial charge in [-0.3, -0.25) is 4.79 Å². The number of aliphatic hydroxyl groups excluding tert-OH is 3. The number of carbonyl (C=O) groups is 1. The highest BCUT2D eigenvalue weighted by atomic mass is 16.5. The summed E-state index contributed by atoms with van der Waals surface area (Å²) in [4.78, 5) is 12.4. The molecule has 8 heteroatoms. The van der Waals surface area contributed by atoms with E-state index in [4.69, 9.17) is 4.74 Å². The third kappa shape index (κ3) is 9.66. The number of hydrogen-bond acceptors (Lipinski definition) is 8. The minimum absolute atomic E-state index is 0.00873. The van der Waals surface area contributed by atoms with Crippen molar-refractivity contribution < 1.29 is 30.0 Å². The summed E-state index contributed by atoms with van der Waals surface area (Å²) in [6, 6.07) is 9.16. The topological polar surface area (TPSA) is 131 Å². The van der Waals surface area contributed by atoms with Gasteiger partial charge in [0, 0.05) is 49.7 Å². The Kier molecular flexibility index (Phi) is 16.3. The predicted molar refractivity (Wildman–Crippen MR) is 242 cm³/mol. The van der Waals surface area contributed by atoms with Crippen LogP contribution in [-0.4, -0.2) is 91.0 Å². The lowest BCUT2D eigenvalue weighted by atomic mass is 9.45. The van der Waals surface area contributed by atoms with Gasteiger partial charge in [-0.15, -0.1) is 0 Å². The van der Waals surface area contributed by atoms with Crippen molar-refractivity contribution in [1.29, 1.82) is 0 Å². The smallest absolute Gasteiger partial charge is 0.145 e. The zero-order chi connectivity index (χ0) is 42.9. The average Bonchev–Trinajstić information content (AvgIpc) is 3.60. The molecule has 3 fully saturated rings. The number of fused-ring (bicyclic) bond motifs is 5. The zero-order valence-electron chi connectivity index (χ0n) is 37.1. The molecule has 0 saturated heterocycles. The number of ether oxygens (including phenoxy) is 1. The van der Waals surface area contributed by atoms with Crippen LogP contribution >= 0.6 is 0 Å². The molecule has 8 nitrogen and oxygen atoms in total. The molecule has 3 saturated carbocycles. The Labute approximate surface area is 361 Å². The first-order valence-electron chi connectivity index (χ1n) is 23.1. The van der Waals surface area contributed by atoms with Gasteiger partial charge in [0.15, 0.2) is 0 Å². The molecule has 4 bridgehead atoms. The zero-order valence-corrected chi connectivity index (χ0v) is 37.1. The van der Waals surface area contributed by atoms with Crippen molar-refractivity contribution in [2.45, 2.75) is 121 Å². The third-order valence-corrected chi connectivity index (χ3v) is 15.8. The number of rotatable bonds is 15. The average molecular weight is 825 g/mol. The van der Waals surface area contributed by atoms with E-state index in [0.29, 0.717) is 50.1 Å². The molecule has 6 rings (SSSR count). The van der Waals surface area contributed by atoms with Crippen LogP contribution in [0.2, 0.25) is 0 Å². The van der Waals surface area contributed by atoms with Crippen LogP contribution in [0.4, 0.5) is 0 Å². The second-order valence-corrected chi connectivity index (χ2v) is 19.2. The molecule has 6 N–H and O–H groups in total. The molecule has 1 spiro atoms. The van der Waals surface area contributed by atoms with E-state index in [-0.39, 0.29) is 48.3 Å². The molecule has 1 aliphatic heterocycles. The number of carbonyl (C=O) groups excluding carboxylic acids is 1. The molecular weight excluding hydrogens is 749 g/mol. The van der Waals surface area contributed by atoms with Gasteiger partial charge in [0.25, 0.3) is 0 Å². The molecule has 5 aliphatic rings. The highest BCUT2D eigenvalue weighted by molar-refractivity contribution is 5.74. The molecule has 0 aromatic heterocycles. The first-order chi connectivity index (χ1) is 29.0. The normalized spacial score (nSPS) is 34.9. The van der Waals surface area contributed by atoms with Crippen molar-refractivity contribution in [2.75, 3.05) is 47.1 Å². The molecule has 1 aromatic rings. The summed E-state index contributed by atoms with van der Waals surface area (Å²) in [6.45, 7) is 10.6. The van der Waals surface area contributed by atoms with E-state index in [1.54, 1.807) is 0 Å². The Morgan fingerprint density at radius 1 is 1.10 bits per heavy atom. The van der Waals surface area contributed by atoms with Gasteiger partial charge in [-0.2, -0.15) is 0 Å². The van der Waals surface area contributed by atoms with Crippen molar-refractivity contribution in [3.63, 3.8) is 0 Å². The molecular formula is C52H76N2O6. The van der Waals surface area contributed by atoms with E-state index in [0.717, 1.165) is 61.8 Å². The number of allylic oxidation sites excluding steroid dienone is 9. The Balaban J connectivity index is 1.26. The van der Waals surface area contributed by atoms with Gasteiger partial charge in [0.1, 0.15) is 6.29 Å². The number of hydrogen-bond donors (Lipinski definition) is 6. The van der Waals surface area contributed by atoms with Gasteiger partial charge in [0.05, 0.1) is 18.3 Å². The van der Waals surface area contributed by atoms with Crippen LogP contribution in [0.15, 0.2) is 95.2 Å². The molecule has 9 atom stereocenters. The van der Waals surface area contributed by atoms with Gasteiger partial charge >= 0.3 is 0 Å². The van der Waals surface area contributed by atoms with Gasteiger partial charge in [-0.05, 0) is 144 Å². The maximum Gasteiger partial charge on any atom is 0.145 e. The highest BCUT2D eigenvalue weighted by Gasteiger charge is 2.68. The Hall–Kier alpha value is -2.95. The van der Waals surface area contributed by atoms with Crippen molar-refractivity contribution in [3.8, 4) is 0 Å². The lowest BCUT2D eigenvalue weighted by molar-refractivity contribution is -0.194. The summed E-state index contributed by atoms with van der Waals surface area (Å²) in [5.41, 5.74) is 5.21. The second kappa shape index (κ2) is 20.9. The lowest BCUT2D eigenvalue weighted by Gasteiger charge is -2.61. The van der Waals surface area contributed by atoms with E-state index in [2.05, 4.69) is 72.7 Å². The quantitative estimate of drug-likeness (QED) is 0.0464. The molecule has 0 radical (unpaired) electrons. The maximum absolute atomic E-state index is 12.8. The van der Waals surface area contributed by atoms with Crippen LogP contribution < -0.4 is 10.6 Å². The van der Waals surface area contributed by atoms with E-state index in [9.17, 15) is 25.2 Å². The van der Waals surface area contributed by atoms with E-state index in [1.807, 2.05) is 33.2 Å². The fourth-order valence-electron chi connectivity index (χ4n) is 12.6. The maximum atomic E-state index is 12.8. The van der Waals surface area contributed by atoms with Gasteiger partial charge in [0.2, 0.25) is 0 Å². The van der Waals surface area contributed by atoms with Crippen molar-refractivity contribution in [3.05, 3.63) is 106 Å². The highest BCUT2D eigenvalue weighted by Crippen LogP contribution is 2.67. The third-order valence-electron chi connectivity index (χ3n) is 15.8. The molecule has 60 heavy (non-hydrogen) atoms. The molecule has 1 heterocycles. The van der Waals surface area contributed by atoms with Crippen LogP contribution in [0, 0.1) is 40.9 Å². The number of aliphatic hydroxyl groups is 4. The summed E-state index contributed by atoms with van der Waals surface area (Å²) in [6.07, 6.45) is 25.2. The Morgan fingerprint density at radius 3 is 2.60 bits per heavy atom. The molecule has 330 valence electrons. The molecule has 4 aliphatic carbocycles. The number of benzene rings is 1. The van der Waals surface area contributed by atoms with Crippen LogP contribution in [0.1, 0.15) is 102 Å². The van der Waals surface area contributed by atoms with E-state index in [1.165, 1.54) is 48.8 Å². The largest absolute Gasteiger partial charge is 0.396 e. The van der Waals surface area contributed by atoms with Crippen LogP contribution in [0.3, 0.4) is 0 Å². The summed E-state index contributed by atoms with van der Waals surface area (Å²) < 4.78 is 5.70. The van der Waals surface area contributed by atoms with E-state index < -0.39 is 17.1 Å². The minimum atomic E-state index is -1.22. The fraction of sp³-hybridized carbons (Fsp3) is 0.635. The van der Waals surface area contributed by atoms with Crippen LogP contribution in [0.5, 0.6) is 0 Å². The molecule has 0 amide bonds. The summed E-state index contributed by atoms with van der Waals surface area (Å²) in [5, 5.41) is 53.9. The standard InChI is InChI=1S/C52H76N2O6/c1-36-17-18-42(30-39-12-10-13-40(29-39)31-50(54-33-36,25-28-60-5)45-15-7-6-8-16-45)37(2)11-9-14-44(35-57)46-21-23-52(49(46)58)48-41(22-27-55)19-20-43(47(48)38(3)34-56)32-51(52,59)24-26-53-4/h9-14,17,19-20,29,34,41-43,45-46,48-49,53-55,57-59H,2,6-8,15-16,18,21-28,30-33,35H2,1,3-5H3. The summed E-state index contributed by atoms with van der Waals surface area (Å²) in [7, 11) is 3.69. The molecule has 1 aromatic carbocycles. The second-order valence-electron chi connectivity index (χ2n) is 19.2. The lowest BCUT2D eigenvalue weighted by Crippen LogP contribution is -2.65. The monoisotopic (exact) mass is 825 g/mol. The fourth-order valence-corrected chi connectivity index (χ4v) is 12.6. The van der Waals surface area contributed by atoms with Crippen LogP contribution in [-0.2, 0) is 22.4 Å². The first-order valence-corrected chi connectivity index (χ1v) is 23.1. The summed E-state index contributed by atoms with van der Waals surface area (Å²) in [5.74, 6) is -0.128. The van der Waals surface area contributed by atoms with Gasteiger partial charge in [-0.1, -0.05) is 103 Å². The van der Waals surface area contributed by atoms with Gasteiger partial charge < -0.3 is 35.8 Å². The number of methoxy groups -OCH3 is 1. The SMILES string of the molecule is C=C(C=CC=C(CO)C1CCC2(C1O)C1C(=C(C)C=O)C(C=CC1CCO)CC2(O)CCNC)C1CC=C(C)CNC(CCOC)(C2CCCCC2)Cc2cccc(c2)C1. The van der Waals surface area contributed by atoms with Crippen molar-refractivity contribution in [2.24, 2.45) is 40.9 Å². The molecule has 9 unspecified atom stereocenters. The number of aldehydes is 1. The van der Waals surface area contributed by atoms with E-state index >= 15 is 0 Å². The van der Waals surface area contributed by atoms with Crippen molar-refractivity contribution in [1.82, 2.24) is 10.6 Å². The first kappa shape index (κ1) is 46.6.